The van der Waals surface area contributed by atoms with E-state index in [0.717, 1.165) is 17.8 Å². The fourth-order valence-corrected chi connectivity index (χ4v) is 2.81. The van der Waals surface area contributed by atoms with Crippen LogP contribution in [0.3, 0.4) is 0 Å². The van der Waals surface area contributed by atoms with Gasteiger partial charge in [0.1, 0.15) is 0 Å². The van der Waals surface area contributed by atoms with Crippen LogP contribution in [0.1, 0.15) is 37.5 Å². The van der Waals surface area contributed by atoms with Crippen LogP contribution in [0.2, 0.25) is 0 Å². The summed E-state index contributed by atoms with van der Waals surface area (Å²) in [6, 6.07) is 15.0. The summed E-state index contributed by atoms with van der Waals surface area (Å²) in [5.74, 6) is 1.14. The van der Waals surface area contributed by atoms with Crippen LogP contribution in [0, 0.1) is 6.92 Å². The average Bonchev–Trinajstić information content (AvgIpc) is 2.48. The van der Waals surface area contributed by atoms with Crippen molar-refractivity contribution in [2.75, 3.05) is 0 Å². The number of hydrogen-bond acceptors (Lipinski definition) is 0. The van der Waals surface area contributed by atoms with Crippen LogP contribution >= 0.6 is 0 Å². The molecular weight excluding hydrogens is 244 g/mol. The van der Waals surface area contributed by atoms with E-state index in [-0.39, 0.29) is 0 Å². The second-order valence-corrected chi connectivity index (χ2v) is 5.51. The molecule has 0 fully saturated rings. The van der Waals surface area contributed by atoms with Gasteiger partial charge in [-0.1, -0.05) is 44.0 Å². The number of rotatable bonds is 4. The van der Waals surface area contributed by atoms with Crippen molar-refractivity contribution in [1.82, 2.24) is 0 Å². The van der Waals surface area contributed by atoms with Gasteiger partial charge in [-0.25, -0.2) is 4.42 Å². The van der Waals surface area contributed by atoms with Crippen LogP contribution in [0.5, 0.6) is 0 Å². The molecule has 0 bridgehead atoms. The van der Waals surface area contributed by atoms with Crippen LogP contribution < -0.4 is 0 Å². The van der Waals surface area contributed by atoms with Crippen molar-refractivity contribution in [2.45, 2.75) is 39.5 Å². The molecule has 0 saturated carbocycles. The molecule has 20 heavy (non-hydrogen) atoms. The minimum atomic E-state index is 1.00. The van der Waals surface area contributed by atoms with Crippen molar-refractivity contribution in [3.05, 3.63) is 53.8 Å². The fourth-order valence-electron chi connectivity index (χ4n) is 2.81. The van der Waals surface area contributed by atoms with Gasteiger partial charge in [0.15, 0.2) is 0 Å². The Labute approximate surface area is 120 Å². The Morgan fingerprint density at radius 3 is 2.65 bits per heavy atom. The van der Waals surface area contributed by atoms with Gasteiger partial charge in [0.2, 0.25) is 0 Å². The lowest BCUT2D eigenvalue weighted by atomic mass is 10.0. The van der Waals surface area contributed by atoms with Gasteiger partial charge in [0.05, 0.1) is 11.8 Å². The molecule has 1 aromatic heterocycles. The largest absolute Gasteiger partial charge is 0.360 e. The smallest absolute Gasteiger partial charge is 0.212 e. The maximum Gasteiger partial charge on any atom is 0.360 e. The summed E-state index contributed by atoms with van der Waals surface area (Å²) in [4.78, 5) is 0. The van der Waals surface area contributed by atoms with Gasteiger partial charge in [-0.15, -0.1) is 0 Å². The maximum absolute atomic E-state index is 6.15. The number of hydrogen-bond donors (Lipinski definition) is 0. The summed E-state index contributed by atoms with van der Waals surface area (Å²) in [6.07, 6.45) is 4.77. The van der Waals surface area contributed by atoms with Crippen LogP contribution in [-0.4, -0.2) is 0 Å². The zero-order chi connectivity index (χ0) is 13.9. The third-order valence-electron chi connectivity index (χ3n) is 3.97. The minimum absolute atomic E-state index is 1.00. The Morgan fingerprint density at radius 2 is 1.80 bits per heavy atom. The van der Waals surface area contributed by atoms with E-state index in [1.54, 1.807) is 0 Å². The molecule has 0 spiro atoms. The summed E-state index contributed by atoms with van der Waals surface area (Å²) in [7, 11) is 0. The molecule has 1 heteroatoms. The van der Waals surface area contributed by atoms with Gasteiger partial charge in [-0.3, -0.25) is 0 Å². The monoisotopic (exact) mass is 265 g/mol. The van der Waals surface area contributed by atoms with Crippen molar-refractivity contribution in [2.24, 2.45) is 0 Å². The minimum Gasteiger partial charge on any atom is -0.212 e. The van der Waals surface area contributed by atoms with Crippen LogP contribution in [-0.2, 0) is 6.42 Å². The van der Waals surface area contributed by atoms with Crippen molar-refractivity contribution in [1.29, 1.82) is 0 Å². The average molecular weight is 265 g/mol. The van der Waals surface area contributed by atoms with Crippen LogP contribution in [0.25, 0.3) is 21.7 Å². The Bertz CT molecular complexity index is 743. The molecule has 3 aromatic rings. The van der Waals surface area contributed by atoms with E-state index in [1.165, 1.54) is 41.0 Å². The Balaban J connectivity index is 2.10. The third kappa shape index (κ3) is 2.40. The predicted octanol–water partition coefficient (Wildman–Crippen LogP) is 5.91. The fraction of sp³-hybridized carbons (Fsp3) is 0.316. The van der Waals surface area contributed by atoms with Gasteiger partial charge in [-0.2, -0.15) is 0 Å². The van der Waals surface area contributed by atoms with Crippen molar-refractivity contribution >= 4 is 21.7 Å². The van der Waals surface area contributed by atoms with Gasteiger partial charge in [0, 0.05) is 11.6 Å². The van der Waals surface area contributed by atoms with Crippen LogP contribution in [0.15, 0.2) is 46.9 Å². The predicted molar refractivity (Wildman–Crippen MR) is 86.1 cm³/mol. The zero-order valence-electron chi connectivity index (χ0n) is 12.3. The van der Waals surface area contributed by atoms with Gasteiger partial charge >= 0.3 is 11.3 Å². The summed E-state index contributed by atoms with van der Waals surface area (Å²) in [5.41, 5.74) is 2.27. The first-order valence-corrected chi connectivity index (χ1v) is 7.53. The Kier molecular flexibility index (Phi) is 3.68. The van der Waals surface area contributed by atoms with Gasteiger partial charge in [0.25, 0.3) is 0 Å². The summed E-state index contributed by atoms with van der Waals surface area (Å²) >= 11 is 0. The van der Waals surface area contributed by atoms with Gasteiger partial charge < -0.3 is 0 Å². The molecule has 0 amide bonds. The highest BCUT2D eigenvalue weighted by Crippen LogP contribution is 2.28. The van der Waals surface area contributed by atoms with Crippen molar-refractivity contribution in [3.8, 4) is 0 Å². The molecular formula is C19H21O+. The topological polar surface area (TPSA) is 11.3 Å². The van der Waals surface area contributed by atoms with E-state index in [9.17, 15) is 0 Å². The molecule has 0 saturated heterocycles. The lowest BCUT2D eigenvalue weighted by Gasteiger charge is -2.01. The summed E-state index contributed by atoms with van der Waals surface area (Å²) < 4.78 is 6.15. The molecule has 0 aliphatic carbocycles. The second kappa shape index (κ2) is 5.62. The number of benzene rings is 2. The van der Waals surface area contributed by atoms with E-state index in [1.807, 2.05) is 0 Å². The summed E-state index contributed by atoms with van der Waals surface area (Å²) in [5, 5.41) is 3.77. The number of fused-ring (bicyclic) bond motifs is 3. The quantitative estimate of drug-likeness (QED) is 0.324. The Morgan fingerprint density at radius 1 is 0.950 bits per heavy atom. The van der Waals surface area contributed by atoms with E-state index in [2.05, 4.69) is 56.3 Å². The highest BCUT2D eigenvalue weighted by atomic mass is 16.3. The molecule has 0 radical (unpaired) electrons. The molecule has 0 unspecified atom stereocenters. The molecule has 0 aliphatic rings. The lowest BCUT2D eigenvalue weighted by Crippen LogP contribution is -1.91. The zero-order valence-corrected chi connectivity index (χ0v) is 12.3. The van der Waals surface area contributed by atoms with E-state index in [4.69, 9.17) is 4.42 Å². The molecule has 3 rings (SSSR count). The van der Waals surface area contributed by atoms with Crippen molar-refractivity contribution in [3.63, 3.8) is 0 Å². The maximum atomic E-state index is 6.15. The first kappa shape index (κ1) is 13.1. The molecule has 1 nitrogen and oxygen atoms in total. The lowest BCUT2D eigenvalue weighted by molar-refractivity contribution is 0.515. The first-order chi connectivity index (χ1) is 9.79. The SMILES string of the molecule is CCCCCc1[o+]c2ccc3ccccc3c2cc1C. The number of unbranched alkanes of at least 4 members (excludes halogenated alkanes) is 2. The number of aryl methyl sites for hydroxylation is 2. The van der Waals surface area contributed by atoms with E-state index in [0.29, 0.717) is 0 Å². The highest BCUT2D eigenvalue weighted by Gasteiger charge is 2.17. The van der Waals surface area contributed by atoms with Crippen LogP contribution in [0.4, 0.5) is 0 Å². The first-order valence-electron chi connectivity index (χ1n) is 7.53. The second-order valence-electron chi connectivity index (χ2n) is 5.51. The van der Waals surface area contributed by atoms with E-state index < -0.39 is 0 Å². The molecule has 0 aliphatic heterocycles. The normalized spacial score (nSPS) is 11.3. The Hall–Kier alpha value is -1.89. The van der Waals surface area contributed by atoms with Crippen molar-refractivity contribution < 1.29 is 4.42 Å². The van der Waals surface area contributed by atoms with E-state index >= 15 is 0 Å². The molecule has 1 heterocycles. The summed E-state index contributed by atoms with van der Waals surface area (Å²) in [6.45, 7) is 4.39. The highest BCUT2D eigenvalue weighted by molar-refractivity contribution is 6.05. The molecule has 0 N–H and O–H groups in total. The third-order valence-corrected chi connectivity index (χ3v) is 3.97. The molecule has 0 atom stereocenters. The standard InChI is InChI=1S/C19H21O/c1-3-4-5-10-18-14(2)13-17-16-9-7-6-8-15(16)11-12-19(17)20-18/h6-9,11-13H,3-5,10H2,1-2H3/q+1. The molecule has 2 aromatic carbocycles. The molecule has 102 valence electrons. The van der Waals surface area contributed by atoms with Gasteiger partial charge in [-0.05, 0) is 36.2 Å².